The van der Waals surface area contributed by atoms with Gasteiger partial charge in [0, 0.05) is 23.2 Å². The first-order valence-electron chi connectivity index (χ1n) is 7.91. The van der Waals surface area contributed by atoms with Crippen molar-refractivity contribution < 1.29 is 9.53 Å². The summed E-state index contributed by atoms with van der Waals surface area (Å²) < 4.78 is 5.31. The summed E-state index contributed by atoms with van der Waals surface area (Å²) in [4.78, 5) is 31.1. The Morgan fingerprint density at radius 2 is 2.04 bits per heavy atom. The van der Waals surface area contributed by atoms with Crippen molar-refractivity contribution in [1.82, 2.24) is 15.3 Å². The standard InChI is InChI=1S/C18H23N3O3/c1-11(14-7-5-6-8-16(14)24-4)20-17(22)10-9-15-12(2)19-13(3)21-18(15)23/h5-8,11H,9-10H2,1-4H3,(H,20,22)(H,19,21,23)/t11-/m0/s1. The van der Waals surface area contributed by atoms with Gasteiger partial charge in [-0.1, -0.05) is 18.2 Å². The summed E-state index contributed by atoms with van der Waals surface area (Å²) in [5.74, 6) is 1.20. The highest BCUT2D eigenvalue weighted by Gasteiger charge is 2.15. The summed E-state index contributed by atoms with van der Waals surface area (Å²) >= 11 is 0. The first-order valence-corrected chi connectivity index (χ1v) is 7.91. The first kappa shape index (κ1) is 17.7. The molecule has 1 atom stereocenters. The third kappa shape index (κ3) is 4.22. The van der Waals surface area contributed by atoms with E-state index in [1.807, 2.05) is 31.2 Å². The summed E-state index contributed by atoms with van der Waals surface area (Å²) in [6.45, 7) is 5.42. The maximum absolute atomic E-state index is 12.2. The molecule has 0 aliphatic rings. The Bertz CT molecular complexity index is 783. The average molecular weight is 329 g/mol. The minimum absolute atomic E-state index is 0.118. The second-order valence-electron chi connectivity index (χ2n) is 5.75. The number of H-pyrrole nitrogens is 1. The lowest BCUT2D eigenvalue weighted by Crippen LogP contribution is -2.28. The normalized spacial score (nSPS) is 11.8. The van der Waals surface area contributed by atoms with Crippen LogP contribution in [0.4, 0.5) is 0 Å². The predicted octanol–water partition coefficient (Wildman–Crippen LogP) is 2.21. The van der Waals surface area contributed by atoms with Gasteiger partial charge in [0.25, 0.3) is 5.56 Å². The van der Waals surface area contributed by atoms with Crippen LogP contribution in [0.5, 0.6) is 5.75 Å². The molecule has 0 radical (unpaired) electrons. The van der Waals surface area contributed by atoms with Crippen LogP contribution in [-0.4, -0.2) is 23.0 Å². The number of nitrogens with zero attached hydrogens (tertiary/aromatic N) is 1. The van der Waals surface area contributed by atoms with E-state index in [2.05, 4.69) is 15.3 Å². The zero-order valence-corrected chi connectivity index (χ0v) is 14.5. The molecule has 1 amide bonds. The van der Waals surface area contributed by atoms with Gasteiger partial charge in [0.05, 0.1) is 13.2 Å². The lowest BCUT2D eigenvalue weighted by molar-refractivity contribution is -0.121. The van der Waals surface area contributed by atoms with Crippen LogP contribution in [0.15, 0.2) is 29.1 Å². The number of hydrogen-bond acceptors (Lipinski definition) is 4. The molecule has 1 aromatic carbocycles. The van der Waals surface area contributed by atoms with E-state index < -0.39 is 0 Å². The molecule has 6 heteroatoms. The molecular weight excluding hydrogens is 306 g/mol. The number of ether oxygens (including phenoxy) is 1. The van der Waals surface area contributed by atoms with Crippen LogP contribution < -0.4 is 15.6 Å². The molecule has 2 aromatic rings. The van der Waals surface area contributed by atoms with E-state index in [9.17, 15) is 9.59 Å². The summed E-state index contributed by atoms with van der Waals surface area (Å²) in [7, 11) is 1.60. The van der Waals surface area contributed by atoms with Gasteiger partial charge in [0.2, 0.25) is 5.91 Å². The molecular formula is C18H23N3O3. The van der Waals surface area contributed by atoms with Crippen molar-refractivity contribution >= 4 is 5.91 Å². The molecule has 0 saturated heterocycles. The number of aryl methyl sites for hydroxylation is 2. The Hall–Kier alpha value is -2.63. The lowest BCUT2D eigenvalue weighted by Gasteiger charge is -2.17. The van der Waals surface area contributed by atoms with Crippen LogP contribution in [0, 0.1) is 13.8 Å². The van der Waals surface area contributed by atoms with Gasteiger partial charge in [-0.25, -0.2) is 4.98 Å². The second kappa shape index (κ2) is 7.77. The van der Waals surface area contributed by atoms with Crippen molar-refractivity contribution in [3.8, 4) is 5.75 Å². The number of amides is 1. The van der Waals surface area contributed by atoms with Crippen LogP contribution >= 0.6 is 0 Å². The molecule has 2 N–H and O–H groups in total. The van der Waals surface area contributed by atoms with Gasteiger partial charge < -0.3 is 15.0 Å². The van der Waals surface area contributed by atoms with Gasteiger partial charge in [-0.3, -0.25) is 9.59 Å². The van der Waals surface area contributed by atoms with Crippen LogP contribution in [0.3, 0.4) is 0 Å². The third-order valence-electron chi connectivity index (χ3n) is 3.93. The number of aromatic amines is 1. The van der Waals surface area contributed by atoms with Gasteiger partial charge in [-0.2, -0.15) is 0 Å². The van der Waals surface area contributed by atoms with Crippen LogP contribution in [0.2, 0.25) is 0 Å². The number of aromatic nitrogens is 2. The maximum atomic E-state index is 12.2. The number of benzene rings is 1. The van der Waals surface area contributed by atoms with E-state index in [4.69, 9.17) is 4.74 Å². The number of carbonyl (C=O) groups is 1. The predicted molar refractivity (Wildman–Crippen MR) is 92.2 cm³/mol. The van der Waals surface area contributed by atoms with Crippen LogP contribution in [0.1, 0.15) is 42.0 Å². The van der Waals surface area contributed by atoms with Gasteiger partial charge in [0.1, 0.15) is 11.6 Å². The van der Waals surface area contributed by atoms with Crippen molar-refractivity contribution in [2.45, 2.75) is 39.7 Å². The Morgan fingerprint density at radius 1 is 1.33 bits per heavy atom. The molecule has 0 aliphatic heterocycles. The highest BCUT2D eigenvalue weighted by Crippen LogP contribution is 2.24. The molecule has 0 aliphatic carbocycles. The van der Waals surface area contributed by atoms with E-state index in [1.165, 1.54) is 0 Å². The van der Waals surface area contributed by atoms with Crippen molar-refractivity contribution in [1.29, 1.82) is 0 Å². The number of methoxy groups -OCH3 is 1. The largest absolute Gasteiger partial charge is 0.496 e. The zero-order valence-electron chi connectivity index (χ0n) is 14.5. The number of nitrogens with one attached hydrogen (secondary N) is 2. The van der Waals surface area contributed by atoms with Gasteiger partial charge in [-0.05, 0) is 33.3 Å². The molecule has 0 spiro atoms. The molecule has 0 bridgehead atoms. The number of carbonyl (C=O) groups excluding carboxylic acids is 1. The van der Waals surface area contributed by atoms with E-state index in [0.29, 0.717) is 23.5 Å². The molecule has 2 rings (SSSR count). The first-order chi connectivity index (χ1) is 11.4. The molecule has 1 aromatic heterocycles. The monoisotopic (exact) mass is 329 g/mol. The fraction of sp³-hybridized carbons (Fsp3) is 0.389. The Kier molecular flexibility index (Phi) is 5.73. The highest BCUT2D eigenvalue weighted by molar-refractivity contribution is 5.76. The molecule has 128 valence electrons. The summed E-state index contributed by atoms with van der Waals surface area (Å²) in [6, 6.07) is 7.39. The fourth-order valence-corrected chi connectivity index (χ4v) is 2.70. The minimum Gasteiger partial charge on any atom is -0.496 e. The van der Waals surface area contributed by atoms with E-state index in [-0.39, 0.29) is 23.9 Å². The fourth-order valence-electron chi connectivity index (χ4n) is 2.70. The topological polar surface area (TPSA) is 84.1 Å². The zero-order chi connectivity index (χ0) is 17.7. The Labute approximate surface area is 141 Å². The minimum atomic E-state index is -0.177. The van der Waals surface area contributed by atoms with Gasteiger partial charge in [0.15, 0.2) is 0 Å². The molecule has 1 heterocycles. The van der Waals surface area contributed by atoms with Crippen LogP contribution in [0.25, 0.3) is 0 Å². The summed E-state index contributed by atoms with van der Waals surface area (Å²) in [5, 5.41) is 2.94. The Morgan fingerprint density at radius 3 is 2.71 bits per heavy atom. The van der Waals surface area contributed by atoms with E-state index >= 15 is 0 Å². The van der Waals surface area contributed by atoms with E-state index in [1.54, 1.807) is 21.0 Å². The third-order valence-corrected chi connectivity index (χ3v) is 3.93. The van der Waals surface area contributed by atoms with Gasteiger partial charge >= 0.3 is 0 Å². The van der Waals surface area contributed by atoms with Crippen LogP contribution in [-0.2, 0) is 11.2 Å². The number of rotatable bonds is 6. The molecule has 0 fully saturated rings. The van der Waals surface area contributed by atoms with E-state index in [0.717, 1.165) is 11.3 Å². The van der Waals surface area contributed by atoms with Crippen molar-refractivity contribution in [3.63, 3.8) is 0 Å². The second-order valence-corrected chi connectivity index (χ2v) is 5.75. The maximum Gasteiger partial charge on any atom is 0.254 e. The van der Waals surface area contributed by atoms with Crippen molar-refractivity contribution in [3.05, 3.63) is 57.3 Å². The average Bonchev–Trinajstić information content (AvgIpc) is 2.53. The Balaban J connectivity index is 2.00. The SMILES string of the molecule is COc1ccccc1[C@H](C)NC(=O)CCc1c(C)nc(C)[nH]c1=O. The molecule has 0 saturated carbocycles. The summed E-state index contributed by atoms with van der Waals surface area (Å²) in [6.07, 6.45) is 0.590. The lowest BCUT2D eigenvalue weighted by atomic mass is 10.1. The van der Waals surface area contributed by atoms with Gasteiger partial charge in [-0.15, -0.1) is 0 Å². The smallest absolute Gasteiger partial charge is 0.254 e. The highest BCUT2D eigenvalue weighted by atomic mass is 16.5. The number of hydrogen-bond donors (Lipinski definition) is 2. The quantitative estimate of drug-likeness (QED) is 0.851. The summed E-state index contributed by atoms with van der Waals surface area (Å²) in [5.41, 5.74) is 1.97. The molecule has 24 heavy (non-hydrogen) atoms. The molecule has 0 unspecified atom stereocenters. The van der Waals surface area contributed by atoms with Crippen molar-refractivity contribution in [2.75, 3.05) is 7.11 Å². The number of para-hydroxylation sites is 1. The van der Waals surface area contributed by atoms with Crippen molar-refractivity contribution in [2.24, 2.45) is 0 Å². The molecule has 6 nitrogen and oxygen atoms in total.